The second kappa shape index (κ2) is 12.8. The lowest BCUT2D eigenvalue weighted by Gasteiger charge is -2.30. The van der Waals surface area contributed by atoms with Crippen molar-refractivity contribution >= 4 is 32.6 Å². The van der Waals surface area contributed by atoms with Crippen LogP contribution in [0.3, 0.4) is 0 Å². The summed E-state index contributed by atoms with van der Waals surface area (Å²) in [6, 6.07) is 12.0. The third-order valence-corrected chi connectivity index (χ3v) is 9.64. The first-order valence-electron chi connectivity index (χ1n) is 15.5. The fraction of sp³-hybridized carbons (Fsp3) is 0.389. The summed E-state index contributed by atoms with van der Waals surface area (Å²) in [6.45, 7) is 12.8. The standard InChI is InChI=1S/C36H39F6N3O4S/c1-32(2,3)43-28(46)20-45-27-15-14-22(34(7,8)31(47)44-33(4,5)6)19-26(27)30(50(48,49)25-12-10-9-11-13-25)29(45)21-16-23(35(37,38)39)18-24(17-21)36(40,41)42/h9-19H,20H2,1-8H3,(H,43,46)(H,44,47). The number of hydrogen-bond acceptors (Lipinski definition) is 4. The Bertz CT molecular complexity index is 2020. The van der Waals surface area contributed by atoms with Crippen LogP contribution in [0.15, 0.2) is 76.5 Å². The first-order valence-corrected chi connectivity index (χ1v) is 17.0. The van der Waals surface area contributed by atoms with Crippen molar-refractivity contribution in [3.8, 4) is 11.3 Å². The second-order valence-electron chi connectivity index (χ2n) is 14.7. The molecule has 0 aliphatic carbocycles. The minimum Gasteiger partial charge on any atom is -0.351 e. The number of rotatable bonds is 7. The average Bonchev–Trinajstić information content (AvgIpc) is 3.28. The fourth-order valence-electron chi connectivity index (χ4n) is 5.47. The summed E-state index contributed by atoms with van der Waals surface area (Å²) in [5.41, 5.74) is -7.01. The Morgan fingerprint density at radius 1 is 0.680 bits per heavy atom. The smallest absolute Gasteiger partial charge is 0.351 e. The van der Waals surface area contributed by atoms with E-state index in [1.165, 1.54) is 48.5 Å². The molecule has 1 aromatic heterocycles. The number of benzene rings is 3. The summed E-state index contributed by atoms with van der Waals surface area (Å²) >= 11 is 0. The number of carbonyl (C=O) groups is 2. The minimum atomic E-state index is -5.24. The van der Waals surface area contributed by atoms with E-state index in [-0.39, 0.29) is 21.9 Å². The lowest BCUT2D eigenvalue weighted by Crippen LogP contribution is -2.48. The van der Waals surface area contributed by atoms with E-state index >= 15 is 0 Å². The topological polar surface area (TPSA) is 97.3 Å². The summed E-state index contributed by atoms with van der Waals surface area (Å²) < 4.78 is 115. The van der Waals surface area contributed by atoms with Gasteiger partial charge in [-0.15, -0.1) is 0 Å². The molecule has 0 unspecified atom stereocenters. The van der Waals surface area contributed by atoms with Crippen LogP contribution >= 0.6 is 0 Å². The van der Waals surface area contributed by atoms with Crippen molar-refractivity contribution in [2.24, 2.45) is 0 Å². The molecule has 0 saturated carbocycles. The molecule has 0 saturated heterocycles. The highest BCUT2D eigenvalue weighted by Gasteiger charge is 2.40. The highest BCUT2D eigenvalue weighted by atomic mass is 32.2. The molecule has 0 atom stereocenters. The summed E-state index contributed by atoms with van der Waals surface area (Å²) in [5, 5.41) is 5.49. The number of halogens is 6. The van der Waals surface area contributed by atoms with E-state index in [0.29, 0.717) is 17.7 Å². The Morgan fingerprint density at radius 3 is 1.68 bits per heavy atom. The van der Waals surface area contributed by atoms with Crippen LogP contribution in [0.1, 0.15) is 72.1 Å². The third kappa shape index (κ3) is 8.17. The molecule has 7 nitrogen and oxygen atoms in total. The molecule has 270 valence electrons. The number of hydrogen-bond donors (Lipinski definition) is 2. The highest BCUT2D eigenvalue weighted by molar-refractivity contribution is 7.91. The predicted octanol–water partition coefficient (Wildman–Crippen LogP) is 8.29. The van der Waals surface area contributed by atoms with Crippen LogP contribution in [0.25, 0.3) is 22.2 Å². The van der Waals surface area contributed by atoms with Crippen LogP contribution in [0.4, 0.5) is 26.3 Å². The zero-order valence-electron chi connectivity index (χ0n) is 28.8. The first kappa shape index (κ1) is 38.5. The van der Waals surface area contributed by atoms with Gasteiger partial charge >= 0.3 is 12.4 Å². The lowest BCUT2D eigenvalue weighted by molar-refractivity contribution is -0.143. The SMILES string of the molecule is CC(C)(C)NC(=O)Cn1c(-c2cc(C(F)(F)F)cc(C(F)(F)F)c2)c(S(=O)(=O)c2ccccc2)c2cc(C(C)(C)C(=O)NC(C)(C)C)ccc21. The molecule has 3 aromatic carbocycles. The number of nitrogens with one attached hydrogen (secondary N) is 2. The molecule has 2 N–H and O–H groups in total. The number of sulfone groups is 1. The van der Waals surface area contributed by atoms with E-state index < -0.39 is 84.3 Å². The number of aromatic nitrogens is 1. The molecule has 0 fully saturated rings. The van der Waals surface area contributed by atoms with Crippen molar-refractivity contribution in [3.63, 3.8) is 0 Å². The summed E-state index contributed by atoms with van der Waals surface area (Å²) in [5.74, 6) is -1.11. The van der Waals surface area contributed by atoms with Crippen LogP contribution in [0.5, 0.6) is 0 Å². The molecular weight excluding hydrogens is 684 g/mol. The van der Waals surface area contributed by atoms with Gasteiger partial charge in [0.2, 0.25) is 21.7 Å². The zero-order valence-corrected chi connectivity index (χ0v) is 29.6. The molecule has 2 amide bonds. The Morgan fingerprint density at radius 2 is 1.20 bits per heavy atom. The number of nitrogens with zero attached hydrogens (tertiary/aromatic N) is 1. The maximum Gasteiger partial charge on any atom is 0.416 e. The highest BCUT2D eigenvalue weighted by Crippen LogP contribution is 2.45. The molecule has 4 aromatic rings. The fourth-order valence-corrected chi connectivity index (χ4v) is 7.16. The van der Waals surface area contributed by atoms with Gasteiger partial charge in [0, 0.05) is 22.0 Å². The van der Waals surface area contributed by atoms with Crippen LogP contribution in [0.2, 0.25) is 0 Å². The summed E-state index contributed by atoms with van der Waals surface area (Å²) in [4.78, 5) is 25.9. The Hall–Kier alpha value is -4.33. The van der Waals surface area contributed by atoms with E-state index in [2.05, 4.69) is 10.6 Å². The normalized spacial score (nSPS) is 13.4. The van der Waals surface area contributed by atoms with Gasteiger partial charge in [-0.25, -0.2) is 8.42 Å². The number of amides is 2. The van der Waals surface area contributed by atoms with Crippen LogP contribution in [0, 0.1) is 0 Å². The summed E-state index contributed by atoms with van der Waals surface area (Å²) in [7, 11) is -4.72. The van der Waals surface area contributed by atoms with Gasteiger partial charge in [-0.2, -0.15) is 26.3 Å². The van der Waals surface area contributed by atoms with Gasteiger partial charge < -0.3 is 15.2 Å². The maximum atomic E-state index is 14.6. The van der Waals surface area contributed by atoms with E-state index in [9.17, 15) is 44.3 Å². The van der Waals surface area contributed by atoms with Crippen molar-refractivity contribution in [3.05, 3.63) is 83.4 Å². The van der Waals surface area contributed by atoms with Crippen molar-refractivity contribution in [2.75, 3.05) is 0 Å². The third-order valence-electron chi connectivity index (χ3n) is 7.79. The van der Waals surface area contributed by atoms with Gasteiger partial charge in [0.25, 0.3) is 0 Å². The van der Waals surface area contributed by atoms with E-state index in [1.54, 1.807) is 55.4 Å². The van der Waals surface area contributed by atoms with Gasteiger partial charge in [-0.3, -0.25) is 9.59 Å². The molecule has 14 heteroatoms. The Kier molecular flexibility index (Phi) is 9.83. The van der Waals surface area contributed by atoms with Gasteiger partial charge in [0.1, 0.15) is 11.4 Å². The average molecular weight is 724 g/mol. The Labute approximate surface area is 287 Å². The maximum absolute atomic E-state index is 14.6. The molecule has 50 heavy (non-hydrogen) atoms. The van der Waals surface area contributed by atoms with Crippen molar-refractivity contribution in [1.82, 2.24) is 15.2 Å². The quantitative estimate of drug-likeness (QED) is 0.188. The molecule has 0 radical (unpaired) electrons. The molecule has 0 aliphatic heterocycles. The first-order chi connectivity index (χ1) is 22.6. The van der Waals surface area contributed by atoms with Gasteiger partial charge in [0.15, 0.2) is 0 Å². The van der Waals surface area contributed by atoms with Gasteiger partial charge in [-0.1, -0.05) is 24.3 Å². The molecule has 1 heterocycles. The molecule has 0 bridgehead atoms. The predicted molar refractivity (Wildman–Crippen MR) is 178 cm³/mol. The van der Waals surface area contributed by atoms with Crippen molar-refractivity contribution in [1.29, 1.82) is 0 Å². The van der Waals surface area contributed by atoms with E-state index in [4.69, 9.17) is 0 Å². The van der Waals surface area contributed by atoms with Crippen LogP contribution in [-0.4, -0.2) is 35.9 Å². The molecule has 0 aliphatic rings. The van der Waals surface area contributed by atoms with Gasteiger partial charge in [0.05, 0.1) is 32.6 Å². The van der Waals surface area contributed by atoms with Gasteiger partial charge in [-0.05, 0) is 103 Å². The molecular formula is C36H39F6N3O4S. The van der Waals surface area contributed by atoms with E-state index in [1.807, 2.05) is 0 Å². The molecule has 0 spiro atoms. The number of fused-ring (bicyclic) bond motifs is 1. The zero-order chi connectivity index (χ0) is 37.8. The Balaban J connectivity index is 2.23. The van der Waals surface area contributed by atoms with Crippen molar-refractivity contribution < 1.29 is 44.3 Å². The number of alkyl halides is 6. The van der Waals surface area contributed by atoms with Crippen molar-refractivity contribution in [2.45, 2.75) is 101 Å². The van der Waals surface area contributed by atoms with Crippen LogP contribution < -0.4 is 10.6 Å². The number of carbonyl (C=O) groups excluding carboxylic acids is 2. The monoisotopic (exact) mass is 723 g/mol. The summed E-state index contributed by atoms with van der Waals surface area (Å²) in [6.07, 6.45) is -10.5. The second-order valence-corrected chi connectivity index (χ2v) is 16.6. The lowest BCUT2D eigenvalue weighted by atomic mass is 9.82. The minimum absolute atomic E-state index is 0.0281. The molecule has 4 rings (SSSR count). The largest absolute Gasteiger partial charge is 0.416 e. The van der Waals surface area contributed by atoms with Crippen LogP contribution in [-0.2, 0) is 43.7 Å². The van der Waals surface area contributed by atoms with E-state index in [0.717, 1.165) is 4.57 Å².